The lowest BCUT2D eigenvalue weighted by molar-refractivity contribution is 0.0791. The molecule has 1 heterocycles. The minimum Gasteiger partial charge on any atom is -0.337 e. The molecule has 86 valence electrons. The number of likely N-dealkylation sites (tertiary alicyclic amines) is 1. The molecule has 1 amide bonds. The monoisotopic (exact) mass is 258 g/mol. The van der Waals surface area contributed by atoms with Crippen LogP contribution in [0.15, 0.2) is 18.2 Å². The highest BCUT2D eigenvalue weighted by atomic mass is 35.5. The maximum atomic E-state index is 12.1. The van der Waals surface area contributed by atoms with Crippen molar-refractivity contribution in [2.45, 2.75) is 12.5 Å². The van der Waals surface area contributed by atoms with Gasteiger partial charge in [-0.15, -0.1) is 0 Å². The van der Waals surface area contributed by atoms with Gasteiger partial charge in [0.2, 0.25) is 0 Å². The molecule has 1 aromatic rings. The van der Waals surface area contributed by atoms with Crippen molar-refractivity contribution in [2.75, 3.05) is 13.1 Å². The fourth-order valence-electron chi connectivity index (χ4n) is 1.81. The van der Waals surface area contributed by atoms with E-state index in [1.165, 1.54) is 0 Å². The molecule has 2 rings (SSSR count). The maximum Gasteiger partial charge on any atom is 0.255 e. The Balaban J connectivity index is 2.24. The summed E-state index contributed by atoms with van der Waals surface area (Å²) >= 11 is 11.9. The Morgan fingerprint density at radius 1 is 1.44 bits per heavy atom. The van der Waals surface area contributed by atoms with Crippen molar-refractivity contribution >= 4 is 29.1 Å². The molecule has 5 heteroatoms. The third-order valence-corrected chi connectivity index (χ3v) is 3.51. The first-order valence-electron chi connectivity index (χ1n) is 5.08. The molecule has 1 aliphatic rings. The molecule has 16 heavy (non-hydrogen) atoms. The summed E-state index contributed by atoms with van der Waals surface area (Å²) in [5.41, 5.74) is 6.20. The Kier molecular flexibility index (Phi) is 3.38. The summed E-state index contributed by atoms with van der Waals surface area (Å²) in [7, 11) is 0. The van der Waals surface area contributed by atoms with Crippen molar-refractivity contribution in [2.24, 2.45) is 5.73 Å². The summed E-state index contributed by atoms with van der Waals surface area (Å²) in [6.07, 6.45) is 0.837. The van der Waals surface area contributed by atoms with Gasteiger partial charge in [0.15, 0.2) is 0 Å². The zero-order chi connectivity index (χ0) is 11.7. The minimum absolute atomic E-state index is 0.0712. The highest BCUT2D eigenvalue weighted by Gasteiger charge is 2.26. The van der Waals surface area contributed by atoms with Gasteiger partial charge in [-0.1, -0.05) is 29.3 Å². The third-order valence-electron chi connectivity index (χ3n) is 2.69. The van der Waals surface area contributed by atoms with Gasteiger partial charge in [0.1, 0.15) is 0 Å². The van der Waals surface area contributed by atoms with E-state index in [9.17, 15) is 4.79 Å². The van der Waals surface area contributed by atoms with Crippen molar-refractivity contribution in [3.05, 3.63) is 33.8 Å². The molecule has 3 nitrogen and oxygen atoms in total. The van der Waals surface area contributed by atoms with Crippen LogP contribution in [0, 0.1) is 0 Å². The first-order chi connectivity index (χ1) is 7.59. The fraction of sp³-hybridized carbons (Fsp3) is 0.364. The SMILES string of the molecule is N[C@H]1CCN(C(=O)c2cccc(Cl)c2Cl)C1. The second-order valence-electron chi connectivity index (χ2n) is 3.90. The van der Waals surface area contributed by atoms with E-state index < -0.39 is 0 Å². The van der Waals surface area contributed by atoms with Crippen molar-refractivity contribution in [1.82, 2.24) is 4.90 Å². The second-order valence-corrected chi connectivity index (χ2v) is 4.69. The van der Waals surface area contributed by atoms with Gasteiger partial charge in [-0.05, 0) is 18.6 Å². The average molecular weight is 259 g/mol. The lowest BCUT2D eigenvalue weighted by Crippen LogP contribution is -2.32. The molecule has 1 aliphatic heterocycles. The number of amides is 1. The zero-order valence-corrected chi connectivity index (χ0v) is 10.1. The highest BCUT2D eigenvalue weighted by Crippen LogP contribution is 2.27. The maximum absolute atomic E-state index is 12.1. The van der Waals surface area contributed by atoms with E-state index >= 15 is 0 Å². The summed E-state index contributed by atoms with van der Waals surface area (Å²) in [4.78, 5) is 13.8. The summed E-state index contributed by atoms with van der Waals surface area (Å²) in [6.45, 7) is 1.27. The number of hydrogen-bond donors (Lipinski definition) is 1. The molecule has 0 unspecified atom stereocenters. The first kappa shape index (κ1) is 11.7. The Labute approximate surface area is 104 Å². The van der Waals surface area contributed by atoms with Gasteiger partial charge in [-0.2, -0.15) is 0 Å². The van der Waals surface area contributed by atoms with E-state index in [4.69, 9.17) is 28.9 Å². The molecule has 2 N–H and O–H groups in total. The van der Waals surface area contributed by atoms with Crippen LogP contribution in [0.5, 0.6) is 0 Å². The van der Waals surface area contributed by atoms with Crippen LogP contribution in [0.3, 0.4) is 0 Å². The van der Waals surface area contributed by atoms with Gasteiger partial charge in [0, 0.05) is 19.1 Å². The number of nitrogens with zero attached hydrogens (tertiary/aromatic N) is 1. The third kappa shape index (κ3) is 2.17. The fourth-order valence-corrected chi connectivity index (χ4v) is 2.19. The van der Waals surface area contributed by atoms with Crippen LogP contribution in [-0.2, 0) is 0 Å². The molecule has 1 atom stereocenters. The molecule has 1 saturated heterocycles. The molecular formula is C11H12Cl2N2O. The lowest BCUT2D eigenvalue weighted by atomic mass is 10.2. The summed E-state index contributed by atoms with van der Waals surface area (Å²) in [5.74, 6) is -0.0968. The lowest BCUT2D eigenvalue weighted by Gasteiger charge is -2.16. The first-order valence-corrected chi connectivity index (χ1v) is 5.84. The Hall–Kier alpha value is -0.770. The summed E-state index contributed by atoms with van der Waals surface area (Å²) in [5, 5.41) is 0.714. The van der Waals surface area contributed by atoms with Gasteiger partial charge >= 0.3 is 0 Å². The summed E-state index contributed by atoms with van der Waals surface area (Å²) in [6, 6.07) is 5.13. The largest absolute Gasteiger partial charge is 0.337 e. The van der Waals surface area contributed by atoms with Crippen molar-refractivity contribution < 1.29 is 4.79 Å². The quantitative estimate of drug-likeness (QED) is 0.840. The van der Waals surface area contributed by atoms with E-state index in [-0.39, 0.29) is 11.9 Å². The van der Waals surface area contributed by atoms with Crippen molar-refractivity contribution in [3.63, 3.8) is 0 Å². The van der Waals surface area contributed by atoms with Crippen LogP contribution in [0.4, 0.5) is 0 Å². The van der Waals surface area contributed by atoms with Gasteiger partial charge in [0.05, 0.1) is 15.6 Å². The zero-order valence-electron chi connectivity index (χ0n) is 8.62. The van der Waals surface area contributed by atoms with Crippen LogP contribution in [0.2, 0.25) is 10.0 Å². The van der Waals surface area contributed by atoms with Crippen LogP contribution < -0.4 is 5.73 Å². The van der Waals surface area contributed by atoms with Crippen LogP contribution in [-0.4, -0.2) is 29.9 Å². The Bertz CT molecular complexity index is 422. The van der Waals surface area contributed by atoms with Crippen molar-refractivity contribution in [3.8, 4) is 0 Å². The minimum atomic E-state index is -0.0968. The van der Waals surface area contributed by atoms with Gasteiger partial charge in [0.25, 0.3) is 5.91 Å². The molecule has 0 radical (unpaired) electrons. The van der Waals surface area contributed by atoms with E-state index in [0.29, 0.717) is 28.7 Å². The van der Waals surface area contributed by atoms with Crippen LogP contribution in [0.25, 0.3) is 0 Å². The molecule has 0 spiro atoms. The standard InChI is InChI=1S/C11H12Cl2N2O/c12-9-3-1-2-8(10(9)13)11(16)15-5-4-7(14)6-15/h1-3,7H,4-6,14H2/t7-/m0/s1. The smallest absolute Gasteiger partial charge is 0.255 e. The number of carbonyl (C=O) groups is 1. The number of hydrogen-bond acceptors (Lipinski definition) is 2. The molecular weight excluding hydrogens is 247 g/mol. The van der Waals surface area contributed by atoms with Gasteiger partial charge in [-0.25, -0.2) is 0 Å². The van der Waals surface area contributed by atoms with E-state index in [2.05, 4.69) is 0 Å². The Morgan fingerprint density at radius 2 is 2.19 bits per heavy atom. The average Bonchev–Trinajstić information content (AvgIpc) is 2.68. The topological polar surface area (TPSA) is 46.3 Å². The van der Waals surface area contributed by atoms with Gasteiger partial charge in [-0.3, -0.25) is 4.79 Å². The van der Waals surface area contributed by atoms with Crippen LogP contribution in [0.1, 0.15) is 16.8 Å². The predicted octanol–water partition coefficient (Wildman–Crippen LogP) is 2.17. The van der Waals surface area contributed by atoms with Gasteiger partial charge < -0.3 is 10.6 Å². The number of nitrogens with two attached hydrogens (primary N) is 1. The number of carbonyl (C=O) groups excluding carboxylic acids is 1. The molecule has 0 saturated carbocycles. The molecule has 0 bridgehead atoms. The van der Waals surface area contributed by atoms with E-state index in [0.717, 1.165) is 6.42 Å². The number of rotatable bonds is 1. The Morgan fingerprint density at radius 3 is 2.81 bits per heavy atom. The second kappa shape index (κ2) is 4.62. The predicted molar refractivity (Wildman–Crippen MR) is 65.0 cm³/mol. The molecule has 1 fully saturated rings. The molecule has 1 aromatic carbocycles. The molecule has 0 aliphatic carbocycles. The molecule has 0 aromatic heterocycles. The van der Waals surface area contributed by atoms with E-state index in [1.807, 2.05) is 0 Å². The van der Waals surface area contributed by atoms with Crippen LogP contribution >= 0.6 is 23.2 Å². The summed E-state index contributed by atoms with van der Waals surface area (Å²) < 4.78 is 0. The number of benzene rings is 1. The van der Waals surface area contributed by atoms with E-state index in [1.54, 1.807) is 23.1 Å². The number of halogens is 2. The highest BCUT2D eigenvalue weighted by molar-refractivity contribution is 6.43. The van der Waals surface area contributed by atoms with Crippen molar-refractivity contribution in [1.29, 1.82) is 0 Å². The normalized spacial score (nSPS) is 20.2.